The van der Waals surface area contributed by atoms with E-state index in [1.807, 2.05) is 41.1 Å². The molecule has 0 radical (unpaired) electrons. The molecular weight excluding hydrogens is 385 g/mol. The number of anilines is 1. The van der Waals surface area contributed by atoms with Crippen molar-refractivity contribution in [2.75, 3.05) is 18.5 Å². The Morgan fingerprint density at radius 3 is 2.63 bits per heavy atom. The summed E-state index contributed by atoms with van der Waals surface area (Å²) in [6.45, 7) is 1.08. The highest BCUT2D eigenvalue weighted by atomic mass is 19.1. The quantitative estimate of drug-likeness (QED) is 0.557. The topological polar surface area (TPSA) is 64.9 Å². The molecule has 4 aromatic rings. The van der Waals surface area contributed by atoms with Crippen LogP contribution in [0.5, 0.6) is 11.5 Å². The van der Waals surface area contributed by atoms with Crippen LogP contribution < -0.4 is 14.8 Å². The van der Waals surface area contributed by atoms with Crippen molar-refractivity contribution in [2.45, 2.75) is 6.42 Å². The number of amides is 1. The molecule has 150 valence electrons. The molecule has 0 atom stereocenters. The fourth-order valence-corrected chi connectivity index (χ4v) is 3.40. The van der Waals surface area contributed by atoms with Crippen LogP contribution >= 0.6 is 0 Å². The zero-order chi connectivity index (χ0) is 20.5. The van der Waals surface area contributed by atoms with Crippen LogP contribution in [0, 0.1) is 5.82 Å². The first-order valence-electron chi connectivity index (χ1n) is 9.57. The third kappa shape index (κ3) is 3.69. The maximum absolute atomic E-state index is 13.0. The average molecular weight is 403 g/mol. The number of aromatic nitrogens is 2. The lowest BCUT2D eigenvalue weighted by molar-refractivity contribution is -0.115. The van der Waals surface area contributed by atoms with E-state index in [0.717, 1.165) is 28.2 Å². The van der Waals surface area contributed by atoms with E-state index >= 15 is 0 Å². The number of nitrogens with one attached hydrogen (secondary N) is 1. The highest BCUT2D eigenvalue weighted by molar-refractivity contribution is 5.92. The molecule has 1 aliphatic rings. The normalized spacial score (nSPS) is 12.7. The highest BCUT2D eigenvalue weighted by Gasteiger charge is 2.14. The first-order chi connectivity index (χ1) is 14.6. The maximum Gasteiger partial charge on any atom is 0.228 e. The Hall–Kier alpha value is -3.87. The molecule has 5 rings (SSSR count). The standard InChI is InChI=1S/C23H18FN3O3/c24-17-4-1-15(2-5-17)11-23(28)25-18-6-8-22-26-19(14-27(22)13-18)16-3-7-20-21(12-16)30-10-9-29-20/h1-8,12-14H,9-11H2,(H,25,28). The van der Waals surface area contributed by atoms with Crippen molar-refractivity contribution in [2.24, 2.45) is 0 Å². The summed E-state index contributed by atoms with van der Waals surface area (Å²) in [5.74, 6) is 0.955. The summed E-state index contributed by atoms with van der Waals surface area (Å²) in [6.07, 6.45) is 3.88. The van der Waals surface area contributed by atoms with Gasteiger partial charge < -0.3 is 19.2 Å². The van der Waals surface area contributed by atoms with E-state index in [-0.39, 0.29) is 18.1 Å². The third-order valence-electron chi connectivity index (χ3n) is 4.85. The first-order valence-corrected chi connectivity index (χ1v) is 9.57. The molecule has 7 heteroatoms. The number of hydrogen-bond donors (Lipinski definition) is 1. The second-order valence-electron chi connectivity index (χ2n) is 7.02. The van der Waals surface area contributed by atoms with Crippen molar-refractivity contribution in [3.8, 4) is 22.8 Å². The summed E-state index contributed by atoms with van der Waals surface area (Å²) in [6, 6.07) is 15.3. The molecule has 0 unspecified atom stereocenters. The van der Waals surface area contributed by atoms with Crippen LogP contribution in [0.4, 0.5) is 10.1 Å². The van der Waals surface area contributed by atoms with Gasteiger partial charge in [0.1, 0.15) is 24.7 Å². The largest absolute Gasteiger partial charge is 0.486 e. The maximum atomic E-state index is 13.0. The molecule has 1 N–H and O–H groups in total. The zero-order valence-corrected chi connectivity index (χ0v) is 16.0. The monoisotopic (exact) mass is 403 g/mol. The number of hydrogen-bond acceptors (Lipinski definition) is 4. The smallest absolute Gasteiger partial charge is 0.228 e. The number of nitrogens with zero attached hydrogens (tertiary/aromatic N) is 2. The molecular formula is C23H18FN3O3. The molecule has 1 aliphatic heterocycles. The summed E-state index contributed by atoms with van der Waals surface area (Å²) in [5, 5.41) is 2.87. The summed E-state index contributed by atoms with van der Waals surface area (Å²) in [5.41, 5.74) is 3.88. The van der Waals surface area contributed by atoms with Gasteiger partial charge in [-0.25, -0.2) is 9.37 Å². The summed E-state index contributed by atoms with van der Waals surface area (Å²) >= 11 is 0. The van der Waals surface area contributed by atoms with E-state index in [1.165, 1.54) is 12.1 Å². The molecule has 2 aromatic heterocycles. The van der Waals surface area contributed by atoms with Crippen LogP contribution in [0.1, 0.15) is 5.56 Å². The van der Waals surface area contributed by atoms with Crippen molar-refractivity contribution < 1.29 is 18.7 Å². The Kier molecular flexibility index (Phi) is 4.55. The van der Waals surface area contributed by atoms with E-state index in [2.05, 4.69) is 10.3 Å². The SMILES string of the molecule is O=C(Cc1ccc(F)cc1)Nc1ccc2nc(-c3ccc4c(c3)OCCO4)cn2c1. The van der Waals surface area contributed by atoms with Crippen LogP contribution in [-0.4, -0.2) is 28.5 Å². The van der Waals surface area contributed by atoms with Gasteiger partial charge in [0.15, 0.2) is 11.5 Å². The van der Waals surface area contributed by atoms with Crippen molar-refractivity contribution in [1.29, 1.82) is 0 Å². The third-order valence-corrected chi connectivity index (χ3v) is 4.85. The molecule has 0 saturated heterocycles. The van der Waals surface area contributed by atoms with Gasteiger partial charge in [-0.3, -0.25) is 4.79 Å². The van der Waals surface area contributed by atoms with Gasteiger partial charge in [0.05, 0.1) is 17.8 Å². The zero-order valence-electron chi connectivity index (χ0n) is 16.0. The van der Waals surface area contributed by atoms with Gasteiger partial charge in [0, 0.05) is 18.0 Å². The number of halogens is 1. The summed E-state index contributed by atoms with van der Waals surface area (Å²) in [7, 11) is 0. The van der Waals surface area contributed by atoms with Crippen LogP contribution in [0.3, 0.4) is 0 Å². The van der Waals surface area contributed by atoms with Crippen molar-refractivity contribution in [3.05, 3.63) is 78.4 Å². The van der Waals surface area contributed by atoms with Gasteiger partial charge in [-0.1, -0.05) is 12.1 Å². The van der Waals surface area contributed by atoms with Crippen LogP contribution in [-0.2, 0) is 11.2 Å². The number of carbonyl (C=O) groups excluding carboxylic acids is 1. The molecule has 2 aromatic carbocycles. The molecule has 1 amide bonds. The van der Waals surface area contributed by atoms with Gasteiger partial charge in [-0.15, -0.1) is 0 Å². The van der Waals surface area contributed by atoms with Crippen LogP contribution in [0.2, 0.25) is 0 Å². The minimum Gasteiger partial charge on any atom is -0.486 e. The van der Waals surface area contributed by atoms with Gasteiger partial charge >= 0.3 is 0 Å². The molecule has 30 heavy (non-hydrogen) atoms. The van der Waals surface area contributed by atoms with Gasteiger partial charge in [-0.2, -0.15) is 0 Å². The Bertz CT molecular complexity index is 1230. The number of benzene rings is 2. The minimum atomic E-state index is -0.321. The number of pyridine rings is 1. The van der Waals surface area contributed by atoms with Crippen LogP contribution in [0.15, 0.2) is 67.0 Å². The molecule has 0 saturated carbocycles. The fraction of sp³-hybridized carbons (Fsp3) is 0.130. The fourth-order valence-electron chi connectivity index (χ4n) is 3.40. The first kappa shape index (κ1) is 18.2. The number of rotatable bonds is 4. The van der Waals surface area contributed by atoms with Crippen molar-refractivity contribution >= 4 is 17.2 Å². The van der Waals surface area contributed by atoms with E-state index in [4.69, 9.17) is 9.47 Å². The molecule has 6 nitrogen and oxygen atoms in total. The summed E-state index contributed by atoms with van der Waals surface area (Å²) < 4.78 is 26.1. The van der Waals surface area contributed by atoms with Crippen molar-refractivity contribution in [1.82, 2.24) is 9.38 Å². The predicted octanol–water partition coefficient (Wildman–Crippen LogP) is 4.09. The number of imidazole rings is 1. The lowest BCUT2D eigenvalue weighted by atomic mass is 10.1. The second-order valence-corrected chi connectivity index (χ2v) is 7.02. The van der Waals surface area contributed by atoms with Crippen molar-refractivity contribution in [3.63, 3.8) is 0 Å². The van der Waals surface area contributed by atoms with E-state index in [1.54, 1.807) is 18.2 Å². The molecule has 0 aliphatic carbocycles. The average Bonchev–Trinajstić information content (AvgIpc) is 3.18. The van der Waals surface area contributed by atoms with Gasteiger partial charge in [0.25, 0.3) is 0 Å². The highest BCUT2D eigenvalue weighted by Crippen LogP contribution is 2.34. The lowest BCUT2D eigenvalue weighted by Crippen LogP contribution is -2.15. The number of ether oxygens (including phenoxy) is 2. The van der Waals surface area contributed by atoms with Crippen LogP contribution in [0.25, 0.3) is 16.9 Å². The molecule has 0 bridgehead atoms. The van der Waals surface area contributed by atoms with Gasteiger partial charge in [0.2, 0.25) is 5.91 Å². The minimum absolute atomic E-state index is 0.171. The van der Waals surface area contributed by atoms with E-state index in [0.29, 0.717) is 24.7 Å². The summed E-state index contributed by atoms with van der Waals surface area (Å²) in [4.78, 5) is 17.0. The van der Waals surface area contributed by atoms with E-state index in [9.17, 15) is 9.18 Å². The van der Waals surface area contributed by atoms with E-state index < -0.39 is 0 Å². The Labute approximate surface area is 171 Å². The Balaban J connectivity index is 1.35. The van der Waals surface area contributed by atoms with Gasteiger partial charge in [-0.05, 0) is 48.0 Å². The number of carbonyl (C=O) groups is 1. The lowest BCUT2D eigenvalue weighted by Gasteiger charge is -2.18. The molecule has 0 spiro atoms. The molecule has 3 heterocycles. The Morgan fingerprint density at radius 1 is 1.00 bits per heavy atom. The molecule has 0 fully saturated rings. The Morgan fingerprint density at radius 2 is 1.80 bits per heavy atom. The number of fused-ring (bicyclic) bond motifs is 2. The second kappa shape index (κ2) is 7.51. The predicted molar refractivity (Wildman–Crippen MR) is 110 cm³/mol.